The van der Waals surface area contributed by atoms with Crippen LogP contribution in [-0.4, -0.2) is 50.9 Å². The summed E-state index contributed by atoms with van der Waals surface area (Å²) in [4.78, 5) is 18.6. The Hall–Kier alpha value is -2.57. The zero-order valence-electron chi connectivity index (χ0n) is 18.9. The Morgan fingerprint density at radius 2 is 2.00 bits per heavy atom. The molecule has 1 aliphatic heterocycles. The van der Waals surface area contributed by atoms with Crippen LogP contribution in [0.1, 0.15) is 71.9 Å². The number of likely N-dealkylation sites (tertiary alicyclic amines) is 1. The second-order valence-electron chi connectivity index (χ2n) is 9.03. The van der Waals surface area contributed by atoms with Gasteiger partial charge in [-0.25, -0.2) is 9.78 Å². The lowest BCUT2D eigenvalue weighted by molar-refractivity contribution is 0.0210. The van der Waals surface area contributed by atoms with Crippen LogP contribution in [0, 0.1) is 0 Å². The molecule has 0 saturated carbocycles. The van der Waals surface area contributed by atoms with E-state index in [1.54, 1.807) is 4.90 Å². The van der Waals surface area contributed by atoms with E-state index >= 15 is 0 Å². The number of amides is 1. The minimum Gasteiger partial charge on any atom is -0.444 e. The first-order valence-electron chi connectivity index (χ1n) is 11.0. The van der Waals surface area contributed by atoms with Crippen LogP contribution in [0.5, 0.6) is 0 Å². The van der Waals surface area contributed by atoms with Crippen LogP contribution in [0.2, 0.25) is 0 Å². The molecule has 7 nitrogen and oxygen atoms in total. The number of nitrogens with zero attached hydrogens (tertiary/aromatic N) is 3. The quantitative estimate of drug-likeness (QED) is 0.681. The Morgan fingerprint density at radius 3 is 2.63 bits per heavy atom. The van der Waals surface area contributed by atoms with Gasteiger partial charge in [0, 0.05) is 42.5 Å². The third-order valence-corrected chi connectivity index (χ3v) is 5.63. The number of hydrogen-bond acceptors (Lipinski definition) is 5. The number of nitrogens with one attached hydrogen (secondary N) is 2. The fourth-order valence-electron chi connectivity index (χ4n) is 3.95. The van der Waals surface area contributed by atoms with Gasteiger partial charge in [0.1, 0.15) is 11.4 Å². The van der Waals surface area contributed by atoms with Crippen LogP contribution in [0.4, 0.5) is 10.6 Å². The van der Waals surface area contributed by atoms with Gasteiger partial charge in [0.15, 0.2) is 0 Å². The monoisotopic (exact) mass is 413 g/mol. The van der Waals surface area contributed by atoms with E-state index < -0.39 is 5.60 Å². The number of ether oxygens (including phenoxy) is 1. The number of aromatic amines is 1. The molecular formula is C23H35N5O2. The van der Waals surface area contributed by atoms with E-state index in [2.05, 4.69) is 40.4 Å². The van der Waals surface area contributed by atoms with Crippen molar-refractivity contribution in [1.29, 1.82) is 0 Å². The van der Waals surface area contributed by atoms with E-state index in [0.29, 0.717) is 19.0 Å². The Labute approximate surface area is 179 Å². The van der Waals surface area contributed by atoms with Gasteiger partial charge < -0.3 is 15.0 Å². The average molecular weight is 414 g/mol. The standard InChI is InChI=1S/C23H35N5O2/c1-6-16(7-2)21-19(15-25-27-21)17-8-11-24-20(14-17)26-18-9-12-28(13-10-18)22(29)30-23(3,4)5/h8,11,14-16,18H,6-7,9-10,12-13H2,1-5H3,(H,24,26)(H,25,27). The van der Waals surface area contributed by atoms with Gasteiger partial charge in [0.05, 0.1) is 6.20 Å². The van der Waals surface area contributed by atoms with Crippen molar-refractivity contribution in [2.24, 2.45) is 0 Å². The van der Waals surface area contributed by atoms with Gasteiger partial charge in [-0.2, -0.15) is 5.10 Å². The Bertz CT molecular complexity index is 830. The molecule has 0 atom stereocenters. The minimum absolute atomic E-state index is 0.227. The first-order valence-corrected chi connectivity index (χ1v) is 11.0. The maximum Gasteiger partial charge on any atom is 0.410 e. The van der Waals surface area contributed by atoms with E-state index in [1.165, 1.54) is 5.69 Å². The molecule has 0 radical (unpaired) electrons. The minimum atomic E-state index is -0.461. The van der Waals surface area contributed by atoms with E-state index in [4.69, 9.17) is 4.74 Å². The first-order chi connectivity index (χ1) is 14.3. The van der Waals surface area contributed by atoms with Gasteiger partial charge in [0.25, 0.3) is 0 Å². The van der Waals surface area contributed by atoms with Crippen molar-refractivity contribution in [1.82, 2.24) is 20.1 Å². The molecule has 164 valence electrons. The molecule has 1 amide bonds. The maximum absolute atomic E-state index is 12.3. The number of H-pyrrole nitrogens is 1. The lowest BCUT2D eigenvalue weighted by atomic mass is 9.94. The maximum atomic E-state index is 12.3. The molecule has 0 bridgehead atoms. The first kappa shape index (κ1) is 22.1. The predicted molar refractivity (Wildman–Crippen MR) is 120 cm³/mol. The number of aromatic nitrogens is 3. The van der Waals surface area contributed by atoms with Gasteiger partial charge in [-0.1, -0.05) is 13.8 Å². The summed E-state index contributed by atoms with van der Waals surface area (Å²) in [6.07, 6.45) is 7.43. The largest absolute Gasteiger partial charge is 0.444 e. The van der Waals surface area contributed by atoms with Crippen LogP contribution in [0.3, 0.4) is 0 Å². The molecule has 2 aromatic heterocycles. The van der Waals surface area contributed by atoms with E-state index in [1.807, 2.05) is 39.2 Å². The summed E-state index contributed by atoms with van der Waals surface area (Å²) in [5.74, 6) is 1.34. The highest BCUT2D eigenvalue weighted by Gasteiger charge is 2.27. The normalized spacial score (nSPS) is 15.5. The molecule has 3 rings (SSSR count). The van der Waals surface area contributed by atoms with E-state index in [9.17, 15) is 4.79 Å². The lowest BCUT2D eigenvalue weighted by Crippen LogP contribution is -2.44. The van der Waals surface area contributed by atoms with Gasteiger partial charge in [-0.05, 0) is 64.2 Å². The third-order valence-electron chi connectivity index (χ3n) is 5.63. The predicted octanol–water partition coefficient (Wildman–Crippen LogP) is 5.19. The number of hydrogen-bond donors (Lipinski definition) is 2. The average Bonchev–Trinajstić information content (AvgIpc) is 3.18. The topological polar surface area (TPSA) is 83.1 Å². The van der Waals surface area contributed by atoms with Gasteiger partial charge in [-0.15, -0.1) is 0 Å². The number of carbonyl (C=O) groups is 1. The summed E-state index contributed by atoms with van der Waals surface area (Å²) in [7, 11) is 0. The Balaban J connectivity index is 1.62. The highest BCUT2D eigenvalue weighted by Crippen LogP contribution is 2.32. The van der Waals surface area contributed by atoms with Crippen molar-refractivity contribution in [3.05, 3.63) is 30.2 Å². The number of anilines is 1. The van der Waals surface area contributed by atoms with Crippen LogP contribution in [0.25, 0.3) is 11.1 Å². The van der Waals surface area contributed by atoms with Crippen molar-refractivity contribution in [3.8, 4) is 11.1 Å². The Kier molecular flexibility index (Phi) is 7.00. The van der Waals surface area contributed by atoms with Crippen molar-refractivity contribution < 1.29 is 9.53 Å². The SMILES string of the molecule is CCC(CC)c1[nH]ncc1-c1ccnc(NC2CCN(C(=O)OC(C)(C)C)CC2)c1. The van der Waals surface area contributed by atoms with Crippen molar-refractivity contribution in [3.63, 3.8) is 0 Å². The highest BCUT2D eigenvalue weighted by atomic mass is 16.6. The van der Waals surface area contributed by atoms with Crippen LogP contribution in [-0.2, 0) is 4.74 Å². The fourth-order valence-corrected chi connectivity index (χ4v) is 3.95. The highest BCUT2D eigenvalue weighted by molar-refractivity contribution is 5.69. The van der Waals surface area contributed by atoms with Gasteiger partial charge in [-0.3, -0.25) is 5.10 Å². The molecule has 1 saturated heterocycles. The molecule has 30 heavy (non-hydrogen) atoms. The van der Waals surface area contributed by atoms with Crippen LogP contribution >= 0.6 is 0 Å². The number of pyridine rings is 1. The summed E-state index contributed by atoms with van der Waals surface area (Å²) < 4.78 is 5.48. The Morgan fingerprint density at radius 1 is 1.30 bits per heavy atom. The molecule has 3 heterocycles. The lowest BCUT2D eigenvalue weighted by Gasteiger charge is -2.33. The second kappa shape index (κ2) is 9.49. The number of piperidine rings is 1. The zero-order valence-corrected chi connectivity index (χ0v) is 18.9. The zero-order chi connectivity index (χ0) is 21.7. The summed E-state index contributed by atoms with van der Waals surface area (Å²) >= 11 is 0. The summed E-state index contributed by atoms with van der Waals surface area (Å²) in [6, 6.07) is 4.42. The molecule has 0 spiro atoms. The van der Waals surface area contributed by atoms with Gasteiger partial charge in [0.2, 0.25) is 0 Å². The number of carbonyl (C=O) groups excluding carboxylic acids is 1. The molecule has 0 aliphatic carbocycles. The smallest absolute Gasteiger partial charge is 0.410 e. The van der Waals surface area contributed by atoms with Crippen molar-refractivity contribution in [2.75, 3.05) is 18.4 Å². The van der Waals surface area contributed by atoms with Crippen LogP contribution in [0.15, 0.2) is 24.5 Å². The molecule has 1 fully saturated rings. The molecular weight excluding hydrogens is 378 g/mol. The molecule has 2 N–H and O–H groups in total. The summed E-state index contributed by atoms with van der Waals surface area (Å²) in [5.41, 5.74) is 3.00. The number of rotatable bonds is 6. The van der Waals surface area contributed by atoms with Crippen LogP contribution < -0.4 is 5.32 Å². The molecule has 1 aliphatic rings. The molecule has 0 unspecified atom stereocenters. The molecule has 0 aromatic carbocycles. The second-order valence-corrected chi connectivity index (χ2v) is 9.03. The summed E-state index contributed by atoms with van der Waals surface area (Å²) in [5, 5.41) is 11.0. The fraction of sp³-hybridized carbons (Fsp3) is 0.609. The van der Waals surface area contributed by atoms with Crippen molar-refractivity contribution in [2.45, 2.75) is 77.9 Å². The molecule has 7 heteroatoms. The van der Waals surface area contributed by atoms with E-state index in [0.717, 1.165) is 42.6 Å². The van der Waals surface area contributed by atoms with Crippen molar-refractivity contribution >= 4 is 11.9 Å². The molecule has 2 aromatic rings. The van der Waals surface area contributed by atoms with Gasteiger partial charge >= 0.3 is 6.09 Å². The van der Waals surface area contributed by atoms with E-state index in [-0.39, 0.29) is 12.1 Å². The summed E-state index contributed by atoms with van der Waals surface area (Å²) in [6.45, 7) is 11.5. The third kappa shape index (κ3) is 5.52.